The maximum absolute atomic E-state index is 9.94. The number of hydrogen-bond donors (Lipinski definition) is 2. The van der Waals surface area contributed by atoms with Crippen LogP contribution in [0.25, 0.3) is 0 Å². The molecular formula is C24H36N3O3S+. The predicted molar refractivity (Wildman–Crippen MR) is 134 cm³/mol. The minimum absolute atomic E-state index is 0.0373. The summed E-state index contributed by atoms with van der Waals surface area (Å²) in [6, 6.07) is 7.73. The van der Waals surface area contributed by atoms with Gasteiger partial charge >= 0.3 is 0 Å². The number of benzene rings is 1. The number of amidine groups is 1. The number of nitrogens with zero attached hydrogens (tertiary/aromatic N) is 1. The number of aliphatic imine (C=N–C) groups is 1. The van der Waals surface area contributed by atoms with Gasteiger partial charge in [0.15, 0.2) is 22.8 Å². The Labute approximate surface area is 191 Å². The molecule has 0 aromatic heterocycles. The molecule has 1 aromatic rings. The normalized spacial score (nSPS) is 15.0. The number of nitroso groups, excluding NO2 is 1. The van der Waals surface area contributed by atoms with Crippen molar-refractivity contribution in [2.75, 3.05) is 19.7 Å². The third-order valence-corrected chi connectivity index (χ3v) is 4.40. The third-order valence-electron chi connectivity index (χ3n) is 3.49. The van der Waals surface area contributed by atoms with E-state index in [-0.39, 0.29) is 6.10 Å². The minimum atomic E-state index is -0.0373. The number of rotatable bonds is 8. The van der Waals surface area contributed by atoms with Gasteiger partial charge in [0.05, 0.1) is 6.54 Å². The first-order valence-electron chi connectivity index (χ1n) is 10.4. The van der Waals surface area contributed by atoms with Crippen LogP contribution in [0.4, 0.5) is 0 Å². The predicted octanol–water partition coefficient (Wildman–Crippen LogP) is 4.56. The SMILES string of the molecule is C/C=C/SC(=NCC1COc2ccccc2O1)NCC.C=CCC=C(C=C)[NH+]=O.CC. The quantitative estimate of drug-likeness (QED) is 0.265. The maximum atomic E-state index is 9.94. The fraction of sp³-hybridized carbons (Fsp3) is 0.375. The van der Waals surface area contributed by atoms with Crippen LogP contribution >= 0.6 is 11.8 Å². The lowest BCUT2D eigenvalue weighted by Gasteiger charge is -2.25. The van der Waals surface area contributed by atoms with Crippen molar-refractivity contribution in [1.29, 1.82) is 0 Å². The van der Waals surface area contributed by atoms with Gasteiger partial charge in [0.25, 0.3) is 0 Å². The van der Waals surface area contributed by atoms with Crippen LogP contribution in [-0.4, -0.2) is 31.0 Å². The van der Waals surface area contributed by atoms with Crippen molar-refractivity contribution in [1.82, 2.24) is 5.32 Å². The molecule has 0 bridgehead atoms. The minimum Gasteiger partial charge on any atom is -0.486 e. The van der Waals surface area contributed by atoms with Gasteiger partial charge in [0.2, 0.25) is 5.70 Å². The molecule has 0 saturated carbocycles. The summed E-state index contributed by atoms with van der Waals surface area (Å²) in [4.78, 5) is 14.5. The Hall–Kier alpha value is -2.80. The van der Waals surface area contributed by atoms with E-state index in [0.717, 1.165) is 23.2 Å². The van der Waals surface area contributed by atoms with E-state index < -0.39 is 0 Å². The highest BCUT2D eigenvalue weighted by atomic mass is 32.2. The second kappa shape index (κ2) is 19.2. The second-order valence-electron chi connectivity index (χ2n) is 5.75. The molecule has 0 spiro atoms. The molecule has 1 aliphatic heterocycles. The zero-order valence-electron chi connectivity index (χ0n) is 19.1. The third kappa shape index (κ3) is 12.5. The molecule has 0 saturated heterocycles. The van der Waals surface area contributed by atoms with Crippen LogP contribution in [0, 0.1) is 4.91 Å². The van der Waals surface area contributed by atoms with E-state index in [0.29, 0.717) is 25.3 Å². The fourth-order valence-corrected chi connectivity index (χ4v) is 2.78. The number of allylic oxidation sites excluding steroid dienone is 4. The summed E-state index contributed by atoms with van der Waals surface area (Å²) in [6.07, 6.45) is 7.54. The summed E-state index contributed by atoms with van der Waals surface area (Å²) in [5, 5.41) is 7.89. The summed E-state index contributed by atoms with van der Waals surface area (Å²) in [7, 11) is 0. The van der Waals surface area contributed by atoms with Gasteiger partial charge in [-0.1, -0.05) is 56.5 Å². The first kappa shape index (κ1) is 28.2. The zero-order valence-corrected chi connectivity index (χ0v) is 19.9. The Bertz CT molecular complexity index is 735. The molecule has 31 heavy (non-hydrogen) atoms. The summed E-state index contributed by atoms with van der Waals surface area (Å²) in [5.41, 5.74) is 0.495. The van der Waals surface area contributed by atoms with E-state index in [1.54, 1.807) is 29.1 Å². The molecule has 1 heterocycles. The number of para-hydroxylation sites is 2. The lowest BCUT2D eigenvalue weighted by Crippen LogP contribution is -2.60. The fourth-order valence-electron chi connectivity index (χ4n) is 2.13. The lowest BCUT2D eigenvalue weighted by atomic mass is 10.2. The van der Waals surface area contributed by atoms with Gasteiger partial charge in [-0.2, -0.15) is 0 Å². The van der Waals surface area contributed by atoms with Gasteiger partial charge in [-0.05, 0) is 43.9 Å². The first-order chi connectivity index (χ1) is 15.2. The van der Waals surface area contributed by atoms with Crippen LogP contribution in [-0.2, 0) is 0 Å². The molecule has 0 radical (unpaired) electrons. The van der Waals surface area contributed by atoms with E-state index in [1.165, 1.54) is 6.08 Å². The summed E-state index contributed by atoms with van der Waals surface area (Å²) in [6.45, 7) is 16.9. The highest BCUT2D eigenvalue weighted by molar-refractivity contribution is 8.16. The Balaban J connectivity index is 0.000000692. The highest BCUT2D eigenvalue weighted by Crippen LogP contribution is 2.30. The van der Waals surface area contributed by atoms with Crippen molar-refractivity contribution >= 4 is 16.9 Å². The highest BCUT2D eigenvalue weighted by Gasteiger charge is 2.20. The topological polar surface area (TPSA) is 73.9 Å². The molecule has 7 heteroatoms. The molecule has 2 N–H and O–H groups in total. The number of nitrogens with one attached hydrogen (secondary N) is 2. The molecule has 2 rings (SSSR count). The van der Waals surface area contributed by atoms with Crippen LogP contribution in [0.2, 0.25) is 0 Å². The van der Waals surface area contributed by atoms with Gasteiger partial charge in [-0.3, -0.25) is 4.99 Å². The van der Waals surface area contributed by atoms with E-state index >= 15 is 0 Å². The van der Waals surface area contributed by atoms with Gasteiger partial charge in [-0.15, -0.1) is 6.58 Å². The van der Waals surface area contributed by atoms with E-state index in [9.17, 15) is 4.91 Å². The van der Waals surface area contributed by atoms with Crippen LogP contribution in [0.1, 0.15) is 34.1 Å². The van der Waals surface area contributed by atoms with E-state index in [4.69, 9.17) is 9.47 Å². The smallest absolute Gasteiger partial charge is 0.249 e. The van der Waals surface area contributed by atoms with Crippen molar-refractivity contribution in [2.24, 2.45) is 4.99 Å². The summed E-state index contributed by atoms with van der Waals surface area (Å²) >= 11 is 1.58. The molecule has 1 aliphatic rings. The average Bonchev–Trinajstić information content (AvgIpc) is 2.83. The van der Waals surface area contributed by atoms with Crippen molar-refractivity contribution < 1.29 is 14.7 Å². The Morgan fingerprint density at radius 2 is 2.03 bits per heavy atom. The van der Waals surface area contributed by atoms with Crippen LogP contribution in [0.5, 0.6) is 11.5 Å². The summed E-state index contributed by atoms with van der Waals surface area (Å²) < 4.78 is 11.6. The zero-order chi connectivity index (χ0) is 23.3. The number of ether oxygens (including phenoxy) is 2. The largest absolute Gasteiger partial charge is 0.486 e. The van der Waals surface area contributed by atoms with E-state index in [2.05, 4.69) is 30.4 Å². The van der Waals surface area contributed by atoms with Gasteiger partial charge in [0, 0.05) is 22.7 Å². The molecule has 170 valence electrons. The van der Waals surface area contributed by atoms with Crippen molar-refractivity contribution in [2.45, 2.75) is 40.2 Å². The van der Waals surface area contributed by atoms with Gasteiger partial charge in [0.1, 0.15) is 6.61 Å². The van der Waals surface area contributed by atoms with Crippen LogP contribution < -0.4 is 20.0 Å². The Morgan fingerprint density at radius 3 is 2.61 bits per heavy atom. The summed E-state index contributed by atoms with van der Waals surface area (Å²) in [5.74, 6) is 1.60. The first-order valence-corrected chi connectivity index (χ1v) is 11.3. The average molecular weight is 447 g/mol. The molecule has 1 aromatic carbocycles. The molecule has 0 aliphatic carbocycles. The lowest BCUT2D eigenvalue weighted by molar-refractivity contribution is -0.416. The molecular weight excluding hydrogens is 410 g/mol. The van der Waals surface area contributed by atoms with Crippen molar-refractivity contribution in [3.63, 3.8) is 0 Å². The number of fused-ring (bicyclic) bond motifs is 1. The molecule has 1 atom stereocenters. The molecule has 0 amide bonds. The molecule has 0 fully saturated rings. The van der Waals surface area contributed by atoms with Crippen molar-refractivity contribution in [3.8, 4) is 11.5 Å². The number of hydrogen-bond acceptors (Lipinski definition) is 5. The van der Waals surface area contributed by atoms with Crippen molar-refractivity contribution in [3.05, 3.63) is 77.7 Å². The van der Waals surface area contributed by atoms with Gasteiger partial charge in [-0.25, -0.2) is 0 Å². The molecule has 1 unspecified atom stereocenters. The Morgan fingerprint density at radius 1 is 1.32 bits per heavy atom. The van der Waals surface area contributed by atoms with Gasteiger partial charge < -0.3 is 14.8 Å². The monoisotopic (exact) mass is 446 g/mol. The van der Waals surface area contributed by atoms with Crippen LogP contribution in [0.15, 0.2) is 77.8 Å². The van der Waals surface area contributed by atoms with E-state index in [1.807, 2.05) is 56.5 Å². The second-order valence-corrected chi connectivity index (χ2v) is 6.65. The van der Waals surface area contributed by atoms with Crippen LogP contribution in [0.3, 0.4) is 0 Å². The Kier molecular flexibility index (Phi) is 17.4. The standard InChI is InChI=1S/C15H20N2O2S.C7H9NO.C2H6/c1-3-9-20-15(16-4-2)17-10-12-11-18-13-7-5-6-8-14(13)19-12;1-3-5-6-7(4-2)8-9;1-2/h3,5-9,12H,4,10-11H2,1-2H3,(H,16,17);3-4,6H,1-2,5H2;1-2H3/p+1/b9-3+;;. The maximum Gasteiger partial charge on any atom is 0.249 e. The molecule has 6 nitrogen and oxygen atoms in total. The number of thioether (sulfide) groups is 1.